The number of carbonyl (C=O) groups is 3. The highest BCUT2D eigenvalue weighted by Gasteiger charge is 2.38. The quantitative estimate of drug-likeness (QED) is 0.306. The summed E-state index contributed by atoms with van der Waals surface area (Å²) < 4.78 is 5.15. The minimum atomic E-state index is -0.536. The molecule has 1 aliphatic heterocycles. The van der Waals surface area contributed by atoms with Crippen molar-refractivity contribution in [2.24, 2.45) is 5.84 Å². The van der Waals surface area contributed by atoms with Crippen molar-refractivity contribution in [3.05, 3.63) is 23.7 Å². The number of hydrogen-bond acceptors (Lipinski definition) is 5. The molecule has 1 unspecified atom stereocenters. The van der Waals surface area contributed by atoms with Crippen molar-refractivity contribution >= 4 is 17.8 Å². The van der Waals surface area contributed by atoms with Crippen LogP contribution < -0.4 is 16.6 Å². The number of nitrogens with zero attached hydrogens (tertiary/aromatic N) is 1. The molecule has 1 aromatic rings. The number of urea groups is 1. The maximum absolute atomic E-state index is 12.1. The second kappa shape index (κ2) is 5.74. The van der Waals surface area contributed by atoms with Crippen LogP contribution in [0.15, 0.2) is 16.7 Å². The van der Waals surface area contributed by atoms with Gasteiger partial charge < -0.3 is 9.73 Å². The number of nitrogen functional groups attached to an aromatic ring is 1. The first kappa shape index (κ1) is 14.1. The zero-order valence-corrected chi connectivity index (χ0v) is 11.0. The normalized spacial score (nSPS) is 18.3. The summed E-state index contributed by atoms with van der Waals surface area (Å²) in [6.45, 7) is 1.83. The predicted molar refractivity (Wildman–Crippen MR) is 68.1 cm³/mol. The summed E-state index contributed by atoms with van der Waals surface area (Å²) >= 11 is 0. The minimum Gasteiger partial charge on any atom is -0.467 e. The molecule has 4 amide bonds. The third-order valence-corrected chi connectivity index (χ3v) is 3.11. The fraction of sp³-hybridized carbons (Fsp3) is 0.417. The first-order chi connectivity index (χ1) is 9.58. The van der Waals surface area contributed by atoms with Crippen LogP contribution in [0.3, 0.4) is 0 Å². The first-order valence-electron chi connectivity index (χ1n) is 6.27. The van der Waals surface area contributed by atoms with Gasteiger partial charge in [-0.25, -0.2) is 10.6 Å². The lowest BCUT2D eigenvalue weighted by atomic mass is 10.1. The van der Waals surface area contributed by atoms with Crippen LogP contribution in [0.2, 0.25) is 0 Å². The zero-order valence-electron chi connectivity index (χ0n) is 11.0. The van der Waals surface area contributed by atoms with Crippen molar-refractivity contribution in [1.29, 1.82) is 0 Å². The van der Waals surface area contributed by atoms with Crippen LogP contribution in [0.5, 0.6) is 0 Å². The molecule has 2 heterocycles. The molecule has 0 saturated carbocycles. The summed E-state index contributed by atoms with van der Waals surface area (Å²) in [4.78, 5) is 36.4. The highest BCUT2D eigenvalue weighted by Crippen LogP contribution is 2.18. The summed E-state index contributed by atoms with van der Waals surface area (Å²) in [5.41, 5.74) is 2.18. The van der Waals surface area contributed by atoms with E-state index in [2.05, 4.69) is 5.32 Å². The SMILES string of the molecule is CCCC1NC(=O)N(Cc2occc2C(=O)NN)C1=O. The standard InChI is InChI=1S/C12H16N4O4/c1-2-3-8-11(18)16(12(19)14-8)6-9-7(4-5-20-9)10(17)15-13/h4-5,8H,2-3,6,13H2,1H3,(H,14,19)(H,15,17). The number of imide groups is 1. The van der Waals surface area contributed by atoms with E-state index >= 15 is 0 Å². The average Bonchev–Trinajstić information content (AvgIpc) is 2.99. The van der Waals surface area contributed by atoms with Gasteiger partial charge in [-0.3, -0.25) is 19.9 Å². The molecule has 0 aliphatic carbocycles. The third-order valence-electron chi connectivity index (χ3n) is 3.11. The Morgan fingerprint density at radius 2 is 2.30 bits per heavy atom. The molecule has 20 heavy (non-hydrogen) atoms. The number of hydrogen-bond donors (Lipinski definition) is 3. The maximum atomic E-state index is 12.1. The first-order valence-corrected chi connectivity index (χ1v) is 6.27. The average molecular weight is 280 g/mol. The van der Waals surface area contributed by atoms with Crippen LogP contribution in [-0.2, 0) is 11.3 Å². The molecule has 8 nitrogen and oxygen atoms in total. The van der Waals surface area contributed by atoms with Gasteiger partial charge in [0.1, 0.15) is 11.8 Å². The number of carbonyl (C=O) groups excluding carboxylic acids is 3. The van der Waals surface area contributed by atoms with Crippen molar-refractivity contribution in [2.75, 3.05) is 0 Å². The molecule has 1 aromatic heterocycles. The van der Waals surface area contributed by atoms with E-state index in [0.717, 1.165) is 11.3 Å². The Bertz CT molecular complexity index is 539. The van der Waals surface area contributed by atoms with Crippen molar-refractivity contribution in [2.45, 2.75) is 32.4 Å². The van der Waals surface area contributed by atoms with E-state index in [1.54, 1.807) is 0 Å². The Morgan fingerprint density at radius 1 is 1.55 bits per heavy atom. The molecular weight excluding hydrogens is 264 g/mol. The largest absolute Gasteiger partial charge is 0.467 e. The molecule has 1 aliphatic rings. The van der Waals surface area contributed by atoms with E-state index < -0.39 is 18.0 Å². The van der Waals surface area contributed by atoms with E-state index in [-0.39, 0.29) is 23.8 Å². The van der Waals surface area contributed by atoms with Gasteiger partial charge in [0.15, 0.2) is 0 Å². The fourth-order valence-electron chi connectivity index (χ4n) is 2.10. The second-order valence-corrected chi connectivity index (χ2v) is 4.45. The Morgan fingerprint density at radius 3 is 2.95 bits per heavy atom. The number of hydrazine groups is 1. The second-order valence-electron chi connectivity index (χ2n) is 4.45. The molecule has 108 valence electrons. The fourth-order valence-corrected chi connectivity index (χ4v) is 2.10. The molecule has 1 atom stereocenters. The molecule has 0 radical (unpaired) electrons. The Hall–Kier alpha value is -2.35. The number of amides is 4. The molecule has 2 rings (SSSR count). The molecule has 4 N–H and O–H groups in total. The smallest absolute Gasteiger partial charge is 0.325 e. The number of nitrogens with one attached hydrogen (secondary N) is 2. The lowest BCUT2D eigenvalue weighted by molar-refractivity contribution is -0.128. The molecule has 0 spiro atoms. The van der Waals surface area contributed by atoms with E-state index in [0.29, 0.717) is 6.42 Å². The van der Waals surface area contributed by atoms with Crippen molar-refractivity contribution in [3.63, 3.8) is 0 Å². The summed E-state index contributed by atoms with van der Waals surface area (Å²) in [6.07, 6.45) is 2.67. The van der Waals surface area contributed by atoms with Gasteiger partial charge >= 0.3 is 6.03 Å². The van der Waals surface area contributed by atoms with Gasteiger partial charge in [-0.1, -0.05) is 13.3 Å². The van der Waals surface area contributed by atoms with Crippen LogP contribution in [0.1, 0.15) is 35.9 Å². The predicted octanol–water partition coefficient (Wildman–Crippen LogP) is 0.104. The Balaban J connectivity index is 2.14. The molecule has 0 bridgehead atoms. The minimum absolute atomic E-state index is 0.0966. The highest BCUT2D eigenvalue weighted by atomic mass is 16.3. The topological polar surface area (TPSA) is 118 Å². The van der Waals surface area contributed by atoms with E-state index in [9.17, 15) is 14.4 Å². The lowest BCUT2D eigenvalue weighted by Gasteiger charge is -2.12. The number of furan rings is 1. The highest BCUT2D eigenvalue weighted by molar-refractivity contribution is 6.04. The number of nitrogens with two attached hydrogens (primary N) is 1. The van der Waals surface area contributed by atoms with Crippen molar-refractivity contribution < 1.29 is 18.8 Å². The Labute approximate surface area is 115 Å². The van der Waals surface area contributed by atoms with Gasteiger partial charge in [0.25, 0.3) is 11.8 Å². The van der Waals surface area contributed by atoms with Gasteiger partial charge in [-0.05, 0) is 12.5 Å². The van der Waals surface area contributed by atoms with Crippen molar-refractivity contribution in [1.82, 2.24) is 15.6 Å². The van der Waals surface area contributed by atoms with Crippen LogP contribution in [0.25, 0.3) is 0 Å². The van der Waals surface area contributed by atoms with Gasteiger partial charge in [-0.2, -0.15) is 0 Å². The summed E-state index contributed by atoms with van der Waals surface area (Å²) in [6, 6.07) is 0.442. The molecule has 1 fully saturated rings. The van der Waals surface area contributed by atoms with Gasteiger partial charge in [0.2, 0.25) is 0 Å². The van der Waals surface area contributed by atoms with E-state index in [4.69, 9.17) is 10.3 Å². The Kier molecular flexibility index (Phi) is 4.04. The van der Waals surface area contributed by atoms with Crippen LogP contribution >= 0.6 is 0 Å². The lowest BCUT2D eigenvalue weighted by Crippen LogP contribution is -2.33. The van der Waals surface area contributed by atoms with Crippen LogP contribution in [-0.4, -0.2) is 28.8 Å². The molecule has 1 saturated heterocycles. The van der Waals surface area contributed by atoms with Crippen LogP contribution in [0, 0.1) is 0 Å². The third kappa shape index (κ3) is 2.50. The molecule has 0 aromatic carbocycles. The zero-order chi connectivity index (χ0) is 14.7. The van der Waals surface area contributed by atoms with Gasteiger partial charge in [-0.15, -0.1) is 0 Å². The molecule has 8 heteroatoms. The monoisotopic (exact) mass is 280 g/mol. The van der Waals surface area contributed by atoms with Crippen molar-refractivity contribution in [3.8, 4) is 0 Å². The summed E-state index contributed by atoms with van der Waals surface area (Å²) in [7, 11) is 0. The summed E-state index contributed by atoms with van der Waals surface area (Å²) in [5.74, 6) is 4.42. The number of rotatable bonds is 5. The maximum Gasteiger partial charge on any atom is 0.325 e. The van der Waals surface area contributed by atoms with E-state index in [1.165, 1.54) is 12.3 Å². The van der Waals surface area contributed by atoms with Gasteiger partial charge in [0, 0.05) is 0 Å². The van der Waals surface area contributed by atoms with Gasteiger partial charge in [0.05, 0.1) is 18.4 Å². The van der Waals surface area contributed by atoms with Crippen LogP contribution in [0.4, 0.5) is 4.79 Å². The molecular formula is C12H16N4O4. The van der Waals surface area contributed by atoms with E-state index in [1.807, 2.05) is 12.3 Å². The summed E-state index contributed by atoms with van der Waals surface area (Å²) in [5, 5.41) is 2.60.